The molecule has 1 aromatic carbocycles. The quantitative estimate of drug-likeness (QED) is 0.661. The fourth-order valence-electron chi connectivity index (χ4n) is 0.920. The summed E-state index contributed by atoms with van der Waals surface area (Å²) in [6, 6.07) is 4.42. The first kappa shape index (κ1) is 9.40. The van der Waals surface area contributed by atoms with E-state index in [1.165, 1.54) is 19.2 Å². The molecule has 0 aliphatic carbocycles. The molecule has 0 saturated carbocycles. The van der Waals surface area contributed by atoms with Gasteiger partial charge in [0.25, 0.3) is 0 Å². The third-order valence-electron chi connectivity index (χ3n) is 1.45. The Hall–Kier alpha value is -1.69. The van der Waals surface area contributed by atoms with Crippen molar-refractivity contribution in [3.05, 3.63) is 24.0 Å². The molecule has 13 heavy (non-hydrogen) atoms. The van der Waals surface area contributed by atoms with E-state index in [2.05, 4.69) is 5.92 Å². The Kier molecular flexibility index (Phi) is 3.15. The predicted molar refractivity (Wildman–Crippen MR) is 47.3 cm³/mol. The van der Waals surface area contributed by atoms with Gasteiger partial charge in [-0.25, -0.2) is 4.39 Å². The molecule has 0 spiro atoms. The van der Waals surface area contributed by atoms with E-state index in [0.29, 0.717) is 5.75 Å². The van der Waals surface area contributed by atoms with Gasteiger partial charge >= 0.3 is 0 Å². The smallest absolute Gasteiger partial charge is 0.196 e. The number of hydrogen-bond donors (Lipinski definition) is 0. The lowest BCUT2D eigenvalue weighted by atomic mass is 10.3. The SMILES string of the molecule is C#CCOc1cccc(F)c1OC. The second kappa shape index (κ2) is 4.36. The van der Waals surface area contributed by atoms with Crippen molar-refractivity contribution < 1.29 is 13.9 Å². The minimum Gasteiger partial charge on any atom is -0.490 e. The van der Waals surface area contributed by atoms with Crippen LogP contribution in [0.5, 0.6) is 11.5 Å². The molecular weight excluding hydrogens is 171 g/mol. The second-order valence-electron chi connectivity index (χ2n) is 2.26. The number of para-hydroxylation sites is 1. The standard InChI is InChI=1S/C10H9FO2/c1-3-7-13-9-6-4-5-8(11)10(9)12-2/h1,4-6H,7H2,2H3. The Labute approximate surface area is 76.3 Å². The number of hydrogen-bond acceptors (Lipinski definition) is 2. The molecule has 0 saturated heterocycles. The summed E-state index contributed by atoms with van der Waals surface area (Å²) >= 11 is 0. The van der Waals surface area contributed by atoms with Gasteiger partial charge in [0.2, 0.25) is 0 Å². The second-order valence-corrected chi connectivity index (χ2v) is 2.26. The van der Waals surface area contributed by atoms with Crippen LogP contribution in [0.4, 0.5) is 4.39 Å². The van der Waals surface area contributed by atoms with Gasteiger partial charge in [-0.15, -0.1) is 6.42 Å². The third kappa shape index (κ3) is 2.12. The van der Waals surface area contributed by atoms with E-state index in [-0.39, 0.29) is 12.4 Å². The number of rotatable bonds is 3. The zero-order valence-electron chi connectivity index (χ0n) is 7.21. The van der Waals surface area contributed by atoms with Crippen LogP contribution in [0, 0.1) is 18.2 Å². The molecule has 2 nitrogen and oxygen atoms in total. The third-order valence-corrected chi connectivity index (χ3v) is 1.45. The molecule has 0 aromatic heterocycles. The topological polar surface area (TPSA) is 18.5 Å². The molecular formula is C10H9FO2. The molecule has 68 valence electrons. The van der Waals surface area contributed by atoms with Crippen LogP contribution in [0.15, 0.2) is 18.2 Å². The molecule has 3 heteroatoms. The molecule has 0 aliphatic heterocycles. The lowest BCUT2D eigenvalue weighted by molar-refractivity contribution is 0.318. The van der Waals surface area contributed by atoms with Crippen molar-refractivity contribution in [2.45, 2.75) is 0 Å². The van der Waals surface area contributed by atoms with Gasteiger partial charge in [-0.3, -0.25) is 0 Å². The van der Waals surface area contributed by atoms with Gasteiger partial charge in [0.15, 0.2) is 17.3 Å². The van der Waals surface area contributed by atoms with Crippen molar-refractivity contribution in [1.82, 2.24) is 0 Å². The van der Waals surface area contributed by atoms with Gasteiger partial charge in [0, 0.05) is 0 Å². The van der Waals surface area contributed by atoms with Gasteiger partial charge < -0.3 is 9.47 Å². The molecule has 0 N–H and O–H groups in total. The average Bonchev–Trinajstić information content (AvgIpc) is 2.15. The predicted octanol–water partition coefficient (Wildman–Crippen LogP) is 1.85. The summed E-state index contributed by atoms with van der Waals surface area (Å²) in [5.74, 6) is 2.23. The number of benzene rings is 1. The van der Waals surface area contributed by atoms with Gasteiger partial charge in [-0.05, 0) is 12.1 Å². The Morgan fingerprint density at radius 1 is 1.54 bits per heavy atom. The highest BCUT2D eigenvalue weighted by molar-refractivity contribution is 5.40. The zero-order chi connectivity index (χ0) is 9.68. The fraction of sp³-hybridized carbons (Fsp3) is 0.200. The van der Waals surface area contributed by atoms with Crippen LogP contribution in [0.1, 0.15) is 0 Å². The summed E-state index contributed by atoms with van der Waals surface area (Å²) in [6.45, 7) is 0.0970. The molecule has 0 aliphatic rings. The van der Waals surface area contributed by atoms with E-state index in [9.17, 15) is 4.39 Å². The maximum absolute atomic E-state index is 13.0. The molecule has 0 bridgehead atoms. The number of ether oxygens (including phenoxy) is 2. The lowest BCUT2D eigenvalue weighted by Crippen LogP contribution is -1.98. The van der Waals surface area contributed by atoms with Gasteiger partial charge in [-0.2, -0.15) is 0 Å². The summed E-state index contributed by atoms with van der Waals surface area (Å²) in [5, 5.41) is 0. The van der Waals surface area contributed by atoms with Gasteiger partial charge in [0.1, 0.15) is 6.61 Å². The number of halogens is 1. The van der Waals surface area contributed by atoms with E-state index >= 15 is 0 Å². The zero-order valence-corrected chi connectivity index (χ0v) is 7.21. The average molecular weight is 180 g/mol. The van der Waals surface area contributed by atoms with Crippen LogP contribution >= 0.6 is 0 Å². The molecule has 0 atom stereocenters. The normalized spacial score (nSPS) is 9.00. The summed E-state index contributed by atoms with van der Waals surface area (Å²) < 4.78 is 22.9. The van der Waals surface area contributed by atoms with Crippen molar-refractivity contribution in [1.29, 1.82) is 0 Å². The summed E-state index contributed by atoms with van der Waals surface area (Å²) in [6.07, 6.45) is 5.00. The fourth-order valence-corrected chi connectivity index (χ4v) is 0.920. The van der Waals surface area contributed by atoms with E-state index in [1.54, 1.807) is 6.07 Å². The Morgan fingerprint density at radius 2 is 2.31 bits per heavy atom. The minimum atomic E-state index is -0.461. The first-order valence-electron chi connectivity index (χ1n) is 3.68. The van der Waals surface area contributed by atoms with Crippen LogP contribution in [-0.2, 0) is 0 Å². The highest BCUT2D eigenvalue weighted by atomic mass is 19.1. The van der Waals surface area contributed by atoms with Crippen LogP contribution in [-0.4, -0.2) is 13.7 Å². The highest BCUT2D eigenvalue weighted by Gasteiger charge is 2.08. The molecule has 0 unspecified atom stereocenters. The largest absolute Gasteiger partial charge is 0.490 e. The van der Waals surface area contributed by atoms with Crippen molar-refractivity contribution in [2.24, 2.45) is 0 Å². The molecule has 1 aromatic rings. The summed E-state index contributed by atoms with van der Waals surface area (Å²) in [4.78, 5) is 0. The van der Waals surface area contributed by atoms with Crippen LogP contribution < -0.4 is 9.47 Å². The maximum atomic E-state index is 13.0. The van der Waals surface area contributed by atoms with Gasteiger partial charge in [-0.1, -0.05) is 12.0 Å². The van der Waals surface area contributed by atoms with Crippen molar-refractivity contribution >= 4 is 0 Å². The highest BCUT2D eigenvalue weighted by Crippen LogP contribution is 2.29. The monoisotopic (exact) mass is 180 g/mol. The van der Waals surface area contributed by atoms with E-state index < -0.39 is 5.82 Å². The molecule has 1 rings (SSSR count). The van der Waals surface area contributed by atoms with Gasteiger partial charge in [0.05, 0.1) is 7.11 Å². The van der Waals surface area contributed by atoms with Crippen LogP contribution in [0.3, 0.4) is 0 Å². The van der Waals surface area contributed by atoms with Crippen LogP contribution in [0.2, 0.25) is 0 Å². The Bertz CT molecular complexity index is 328. The maximum Gasteiger partial charge on any atom is 0.196 e. The number of terminal acetylenes is 1. The minimum absolute atomic E-state index is 0.0813. The van der Waals surface area contributed by atoms with Crippen molar-refractivity contribution in [3.8, 4) is 23.8 Å². The van der Waals surface area contributed by atoms with Crippen LogP contribution in [0.25, 0.3) is 0 Å². The summed E-state index contributed by atoms with van der Waals surface area (Å²) in [7, 11) is 1.38. The first-order chi connectivity index (χ1) is 6.29. The molecule has 0 heterocycles. The van der Waals surface area contributed by atoms with Crippen molar-refractivity contribution in [3.63, 3.8) is 0 Å². The van der Waals surface area contributed by atoms with E-state index in [0.717, 1.165) is 0 Å². The number of methoxy groups -OCH3 is 1. The molecule has 0 amide bonds. The first-order valence-corrected chi connectivity index (χ1v) is 3.68. The van der Waals surface area contributed by atoms with E-state index in [1.807, 2.05) is 0 Å². The lowest BCUT2D eigenvalue weighted by Gasteiger charge is -2.08. The molecule has 0 radical (unpaired) electrons. The van der Waals surface area contributed by atoms with Crippen molar-refractivity contribution in [2.75, 3.05) is 13.7 Å². The summed E-state index contributed by atoms with van der Waals surface area (Å²) in [5.41, 5.74) is 0. The Balaban J connectivity index is 2.93. The Morgan fingerprint density at radius 3 is 2.92 bits per heavy atom. The van der Waals surface area contributed by atoms with E-state index in [4.69, 9.17) is 15.9 Å². The molecule has 0 fully saturated rings.